The summed E-state index contributed by atoms with van der Waals surface area (Å²) in [5, 5.41) is 6.91. The van der Waals surface area contributed by atoms with Crippen molar-refractivity contribution in [3.63, 3.8) is 0 Å². The molecule has 1 amide bonds. The summed E-state index contributed by atoms with van der Waals surface area (Å²) < 4.78 is 27.3. The van der Waals surface area contributed by atoms with Gasteiger partial charge in [0.15, 0.2) is 11.6 Å². The number of amides is 1. The van der Waals surface area contributed by atoms with E-state index in [-0.39, 0.29) is 5.91 Å². The largest absolute Gasteiger partial charge is 0.337 e. The van der Waals surface area contributed by atoms with Gasteiger partial charge in [0, 0.05) is 30.9 Å². The molecule has 0 saturated carbocycles. The van der Waals surface area contributed by atoms with Crippen LogP contribution in [0.2, 0.25) is 0 Å². The van der Waals surface area contributed by atoms with Crippen LogP contribution in [-0.4, -0.2) is 52.1 Å². The van der Waals surface area contributed by atoms with Gasteiger partial charge in [-0.1, -0.05) is 12.1 Å². The zero-order valence-corrected chi connectivity index (χ0v) is 16.1. The highest BCUT2D eigenvalue weighted by atomic mass is 19.2. The Morgan fingerprint density at radius 3 is 2.64 bits per heavy atom. The van der Waals surface area contributed by atoms with E-state index < -0.39 is 11.6 Å². The summed E-state index contributed by atoms with van der Waals surface area (Å²) in [6, 6.07) is 6.16. The molecule has 2 fully saturated rings. The summed E-state index contributed by atoms with van der Waals surface area (Å²) in [5.41, 5.74) is 1.80. The van der Waals surface area contributed by atoms with E-state index in [1.54, 1.807) is 18.2 Å². The number of aromatic amines is 1. The van der Waals surface area contributed by atoms with Gasteiger partial charge in [0.25, 0.3) is 5.91 Å². The van der Waals surface area contributed by atoms with Gasteiger partial charge < -0.3 is 4.90 Å². The van der Waals surface area contributed by atoms with E-state index in [9.17, 15) is 13.6 Å². The maximum absolute atomic E-state index is 13.9. The standard InChI is InChI=1S/C21H26F2N4O/c1-14-11-19(25-24-14)21(28)27-10-7-16(13-27)15-5-8-26(9-6-15)12-17-3-2-4-18(22)20(17)23/h2-4,11,15-16H,5-10,12-13H2,1H3,(H,24,25)/t16-/m1/s1. The van der Waals surface area contributed by atoms with Crippen molar-refractivity contribution >= 4 is 5.91 Å². The molecule has 1 N–H and O–H groups in total. The van der Waals surface area contributed by atoms with E-state index >= 15 is 0 Å². The van der Waals surface area contributed by atoms with Gasteiger partial charge in [0.2, 0.25) is 0 Å². The molecule has 4 rings (SSSR count). The topological polar surface area (TPSA) is 52.2 Å². The third-order valence-electron chi connectivity index (χ3n) is 6.16. The van der Waals surface area contributed by atoms with Crippen LogP contribution in [0, 0.1) is 30.4 Å². The van der Waals surface area contributed by atoms with Gasteiger partial charge in [0.1, 0.15) is 5.69 Å². The number of nitrogens with zero attached hydrogens (tertiary/aromatic N) is 3. The first-order valence-electron chi connectivity index (χ1n) is 9.98. The monoisotopic (exact) mass is 388 g/mol. The highest BCUT2D eigenvalue weighted by Gasteiger charge is 2.34. The lowest BCUT2D eigenvalue weighted by Gasteiger charge is -2.34. The summed E-state index contributed by atoms with van der Waals surface area (Å²) in [4.78, 5) is 16.7. The molecule has 7 heteroatoms. The van der Waals surface area contributed by atoms with Crippen molar-refractivity contribution in [3.05, 3.63) is 52.9 Å². The number of rotatable bonds is 4. The third-order valence-corrected chi connectivity index (χ3v) is 6.16. The van der Waals surface area contributed by atoms with Gasteiger partial charge in [-0.25, -0.2) is 8.78 Å². The minimum atomic E-state index is -0.782. The Kier molecular flexibility index (Phi) is 5.44. The summed E-state index contributed by atoms with van der Waals surface area (Å²) >= 11 is 0. The second-order valence-corrected chi connectivity index (χ2v) is 8.06. The average Bonchev–Trinajstić information content (AvgIpc) is 3.35. The number of halogens is 2. The zero-order valence-electron chi connectivity index (χ0n) is 16.1. The number of nitrogens with one attached hydrogen (secondary N) is 1. The first kappa shape index (κ1) is 19.1. The Morgan fingerprint density at radius 2 is 1.93 bits per heavy atom. The van der Waals surface area contributed by atoms with Crippen LogP contribution in [-0.2, 0) is 6.54 Å². The number of carbonyl (C=O) groups excluding carboxylic acids is 1. The summed E-state index contributed by atoms with van der Waals surface area (Å²) in [6.45, 7) is 5.66. The zero-order chi connectivity index (χ0) is 19.7. The Morgan fingerprint density at radius 1 is 1.18 bits per heavy atom. The maximum atomic E-state index is 13.9. The molecule has 28 heavy (non-hydrogen) atoms. The fraction of sp³-hybridized carbons (Fsp3) is 0.524. The number of carbonyl (C=O) groups is 1. The van der Waals surface area contributed by atoms with Crippen LogP contribution < -0.4 is 0 Å². The van der Waals surface area contributed by atoms with Crippen LogP contribution in [0.5, 0.6) is 0 Å². The lowest BCUT2D eigenvalue weighted by Crippen LogP contribution is -2.37. The Bertz CT molecular complexity index is 845. The van der Waals surface area contributed by atoms with Crippen molar-refractivity contribution < 1.29 is 13.6 Å². The number of hydrogen-bond donors (Lipinski definition) is 1. The van der Waals surface area contributed by atoms with Crippen LogP contribution in [0.15, 0.2) is 24.3 Å². The quantitative estimate of drug-likeness (QED) is 0.874. The molecule has 1 atom stereocenters. The van der Waals surface area contributed by atoms with Gasteiger partial charge in [-0.3, -0.25) is 14.8 Å². The molecule has 0 aliphatic carbocycles. The van der Waals surface area contributed by atoms with E-state index in [0.717, 1.165) is 57.2 Å². The molecule has 150 valence electrons. The van der Waals surface area contributed by atoms with Gasteiger partial charge in [-0.05, 0) is 63.2 Å². The van der Waals surface area contributed by atoms with Gasteiger partial charge in [-0.2, -0.15) is 5.10 Å². The predicted molar refractivity (Wildman–Crippen MR) is 102 cm³/mol. The van der Waals surface area contributed by atoms with Crippen LogP contribution in [0.1, 0.15) is 41.0 Å². The van der Waals surface area contributed by atoms with Gasteiger partial charge >= 0.3 is 0 Å². The van der Waals surface area contributed by atoms with Crippen LogP contribution in [0.3, 0.4) is 0 Å². The summed E-state index contributed by atoms with van der Waals surface area (Å²) in [6.07, 6.45) is 3.09. The fourth-order valence-corrected chi connectivity index (χ4v) is 4.54. The van der Waals surface area contributed by atoms with Gasteiger partial charge in [0.05, 0.1) is 0 Å². The number of hydrogen-bond acceptors (Lipinski definition) is 3. The molecule has 1 aromatic heterocycles. The number of aryl methyl sites for hydroxylation is 1. The molecule has 5 nitrogen and oxygen atoms in total. The minimum absolute atomic E-state index is 0.00543. The summed E-state index contributed by atoms with van der Waals surface area (Å²) in [5.74, 6) is -0.423. The van der Waals surface area contributed by atoms with Crippen molar-refractivity contribution in [1.82, 2.24) is 20.0 Å². The molecule has 2 aliphatic rings. The van der Waals surface area contributed by atoms with Crippen molar-refractivity contribution in [2.24, 2.45) is 11.8 Å². The molecule has 3 heterocycles. The Hall–Kier alpha value is -2.28. The second kappa shape index (κ2) is 7.99. The number of aromatic nitrogens is 2. The maximum Gasteiger partial charge on any atom is 0.274 e. The first-order valence-corrected chi connectivity index (χ1v) is 9.98. The SMILES string of the molecule is Cc1cc(C(=O)N2CC[C@@H](C3CCN(Cc4cccc(F)c4F)CC3)C2)n[nH]1. The van der Waals surface area contributed by atoms with E-state index in [1.807, 2.05) is 11.8 Å². The molecule has 1 aromatic carbocycles. The normalized spacial score (nSPS) is 21.4. The molecule has 0 unspecified atom stereocenters. The lowest BCUT2D eigenvalue weighted by molar-refractivity contribution is 0.0767. The number of benzene rings is 1. The molecule has 0 bridgehead atoms. The van der Waals surface area contributed by atoms with E-state index in [1.165, 1.54) is 0 Å². The first-order chi connectivity index (χ1) is 13.5. The Balaban J connectivity index is 1.28. The molecular formula is C21H26F2N4O. The lowest BCUT2D eigenvalue weighted by atomic mass is 9.83. The Labute approximate surface area is 163 Å². The van der Waals surface area contributed by atoms with Crippen LogP contribution in [0.25, 0.3) is 0 Å². The summed E-state index contributed by atoms with van der Waals surface area (Å²) in [7, 11) is 0. The molecule has 0 radical (unpaired) electrons. The third kappa shape index (κ3) is 3.94. The van der Waals surface area contributed by atoms with E-state index in [0.29, 0.717) is 29.6 Å². The predicted octanol–water partition coefficient (Wildman–Crippen LogP) is 3.37. The highest BCUT2D eigenvalue weighted by Crippen LogP contribution is 2.33. The van der Waals surface area contributed by atoms with Crippen molar-refractivity contribution in [3.8, 4) is 0 Å². The average molecular weight is 388 g/mol. The molecular weight excluding hydrogens is 362 g/mol. The molecule has 0 spiro atoms. The molecule has 2 aliphatic heterocycles. The molecule has 2 saturated heterocycles. The highest BCUT2D eigenvalue weighted by molar-refractivity contribution is 5.92. The number of H-pyrrole nitrogens is 1. The smallest absolute Gasteiger partial charge is 0.274 e. The van der Waals surface area contributed by atoms with E-state index in [2.05, 4.69) is 15.1 Å². The van der Waals surface area contributed by atoms with E-state index in [4.69, 9.17) is 0 Å². The number of likely N-dealkylation sites (tertiary alicyclic amines) is 2. The molecule has 2 aromatic rings. The van der Waals surface area contributed by atoms with Crippen molar-refractivity contribution in [2.45, 2.75) is 32.7 Å². The minimum Gasteiger partial charge on any atom is -0.337 e. The van der Waals surface area contributed by atoms with Crippen molar-refractivity contribution in [1.29, 1.82) is 0 Å². The second-order valence-electron chi connectivity index (χ2n) is 8.06. The van der Waals surface area contributed by atoms with Crippen molar-refractivity contribution in [2.75, 3.05) is 26.2 Å². The fourth-order valence-electron chi connectivity index (χ4n) is 4.54. The number of piperidine rings is 1. The van der Waals surface area contributed by atoms with Gasteiger partial charge in [-0.15, -0.1) is 0 Å². The van der Waals surface area contributed by atoms with Crippen LogP contribution >= 0.6 is 0 Å². The van der Waals surface area contributed by atoms with Crippen LogP contribution in [0.4, 0.5) is 8.78 Å².